The third kappa shape index (κ3) is 3.53. The number of pyridine rings is 1. The molecule has 25 heavy (non-hydrogen) atoms. The van der Waals surface area contributed by atoms with Gasteiger partial charge in [-0.3, -0.25) is 9.78 Å². The number of benzene rings is 1. The Morgan fingerprint density at radius 3 is 3.00 bits per heavy atom. The number of aromatic nitrogens is 2. The van der Waals surface area contributed by atoms with Crippen molar-refractivity contribution in [1.82, 2.24) is 15.3 Å². The number of rotatable bonds is 4. The molecule has 2 aromatic heterocycles. The maximum absolute atomic E-state index is 12.4. The third-order valence-corrected chi connectivity index (χ3v) is 4.98. The summed E-state index contributed by atoms with van der Waals surface area (Å²) >= 11 is 1.51. The summed E-state index contributed by atoms with van der Waals surface area (Å²) in [6.07, 6.45) is 2.79. The van der Waals surface area contributed by atoms with Gasteiger partial charge < -0.3 is 10.1 Å². The molecule has 5 nitrogen and oxygen atoms in total. The predicted molar refractivity (Wildman–Crippen MR) is 96.5 cm³/mol. The zero-order chi connectivity index (χ0) is 17.1. The smallest absolute Gasteiger partial charge is 0.226 e. The van der Waals surface area contributed by atoms with Crippen LogP contribution >= 0.6 is 11.3 Å². The second kappa shape index (κ2) is 7.03. The van der Waals surface area contributed by atoms with Gasteiger partial charge in [0.25, 0.3) is 0 Å². The van der Waals surface area contributed by atoms with Crippen LogP contribution in [-0.4, -0.2) is 22.5 Å². The quantitative estimate of drug-likeness (QED) is 0.783. The van der Waals surface area contributed by atoms with Crippen LogP contribution in [0.25, 0.3) is 10.7 Å². The molecule has 0 saturated heterocycles. The maximum atomic E-state index is 12.4. The molecular weight excluding hydrogens is 334 g/mol. The largest absolute Gasteiger partial charge is 0.493 e. The molecular formula is C19H17N3O2S. The molecule has 0 radical (unpaired) electrons. The molecule has 0 spiro atoms. The minimum absolute atomic E-state index is 0.00801. The number of nitrogens with one attached hydrogen (secondary N) is 1. The zero-order valence-electron chi connectivity index (χ0n) is 13.5. The number of ether oxygens (including phenoxy) is 1. The molecule has 4 rings (SSSR count). The lowest BCUT2D eigenvalue weighted by Gasteiger charge is -2.26. The lowest BCUT2D eigenvalue weighted by atomic mass is 10.0. The van der Waals surface area contributed by atoms with Gasteiger partial charge in [0, 0.05) is 23.6 Å². The van der Waals surface area contributed by atoms with Gasteiger partial charge in [-0.2, -0.15) is 0 Å². The Kier molecular flexibility index (Phi) is 4.43. The van der Waals surface area contributed by atoms with Crippen LogP contribution in [0.1, 0.15) is 23.7 Å². The van der Waals surface area contributed by atoms with E-state index >= 15 is 0 Å². The molecule has 1 aliphatic heterocycles. The van der Waals surface area contributed by atoms with E-state index in [2.05, 4.69) is 15.3 Å². The fourth-order valence-electron chi connectivity index (χ4n) is 2.90. The minimum Gasteiger partial charge on any atom is -0.493 e. The third-order valence-electron chi connectivity index (χ3n) is 4.07. The van der Waals surface area contributed by atoms with E-state index < -0.39 is 0 Å². The molecule has 3 heterocycles. The monoisotopic (exact) mass is 351 g/mol. The average Bonchev–Trinajstić information content (AvgIpc) is 3.11. The van der Waals surface area contributed by atoms with Gasteiger partial charge in [-0.25, -0.2) is 4.98 Å². The van der Waals surface area contributed by atoms with Crippen LogP contribution in [0.4, 0.5) is 0 Å². The van der Waals surface area contributed by atoms with Gasteiger partial charge in [0.15, 0.2) is 0 Å². The molecule has 1 aliphatic rings. The van der Waals surface area contributed by atoms with E-state index in [9.17, 15) is 4.79 Å². The van der Waals surface area contributed by atoms with Crippen molar-refractivity contribution in [3.05, 3.63) is 65.3 Å². The molecule has 6 heteroatoms. The van der Waals surface area contributed by atoms with Gasteiger partial charge in [-0.05, 0) is 18.2 Å². The molecule has 0 fully saturated rings. The van der Waals surface area contributed by atoms with Crippen LogP contribution in [0.2, 0.25) is 0 Å². The normalized spacial score (nSPS) is 15.9. The Morgan fingerprint density at radius 2 is 2.12 bits per heavy atom. The first-order valence-electron chi connectivity index (χ1n) is 8.16. The highest BCUT2D eigenvalue weighted by Gasteiger charge is 2.22. The highest BCUT2D eigenvalue weighted by Crippen LogP contribution is 2.31. The van der Waals surface area contributed by atoms with E-state index in [1.807, 2.05) is 47.8 Å². The van der Waals surface area contributed by atoms with Crippen LogP contribution < -0.4 is 10.1 Å². The second-order valence-electron chi connectivity index (χ2n) is 5.83. The summed E-state index contributed by atoms with van der Waals surface area (Å²) in [4.78, 5) is 21.3. The number of nitrogens with zero attached hydrogens (tertiary/aromatic N) is 2. The fourth-order valence-corrected chi connectivity index (χ4v) is 3.69. The lowest BCUT2D eigenvalue weighted by Crippen LogP contribution is -2.33. The zero-order valence-corrected chi connectivity index (χ0v) is 14.3. The van der Waals surface area contributed by atoms with E-state index in [0.29, 0.717) is 6.61 Å². The summed E-state index contributed by atoms with van der Waals surface area (Å²) in [6.45, 7) is 0.614. The molecule has 1 atom stereocenters. The number of hydrogen-bond donors (Lipinski definition) is 1. The fraction of sp³-hybridized carbons (Fsp3) is 0.211. The highest BCUT2D eigenvalue weighted by atomic mass is 32.1. The Balaban J connectivity index is 1.43. The second-order valence-corrected chi connectivity index (χ2v) is 6.69. The van der Waals surface area contributed by atoms with Crippen molar-refractivity contribution in [3.8, 4) is 16.5 Å². The van der Waals surface area contributed by atoms with Crippen LogP contribution in [0.15, 0.2) is 54.0 Å². The first kappa shape index (κ1) is 15.8. The summed E-state index contributed by atoms with van der Waals surface area (Å²) in [5.74, 6) is 0.824. The summed E-state index contributed by atoms with van der Waals surface area (Å²) in [7, 11) is 0. The van der Waals surface area contributed by atoms with Crippen molar-refractivity contribution < 1.29 is 9.53 Å². The average molecular weight is 351 g/mol. The van der Waals surface area contributed by atoms with Crippen molar-refractivity contribution in [1.29, 1.82) is 0 Å². The first-order valence-corrected chi connectivity index (χ1v) is 9.04. The minimum atomic E-state index is -0.0282. The topological polar surface area (TPSA) is 64.1 Å². The number of carbonyl (C=O) groups is 1. The van der Waals surface area contributed by atoms with Crippen LogP contribution in [0.5, 0.6) is 5.75 Å². The molecule has 0 aliphatic carbocycles. The van der Waals surface area contributed by atoms with Gasteiger partial charge in [-0.1, -0.05) is 24.3 Å². The van der Waals surface area contributed by atoms with Gasteiger partial charge in [0.1, 0.15) is 10.8 Å². The highest BCUT2D eigenvalue weighted by molar-refractivity contribution is 7.13. The van der Waals surface area contributed by atoms with E-state index in [0.717, 1.165) is 34.1 Å². The Bertz CT molecular complexity index is 879. The van der Waals surface area contributed by atoms with Crippen LogP contribution in [0.3, 0.4) is 0 Å². The predicted octanol–water partition coefficient (Wildman–Crippen LogP) is 3.39. The van der Waals surface area contributed by atoms with Crippen molar-refractivity contribution in [2.45, 2.75) is 18.9 Å². The SMILES string of the molecule is O=C(Cc1csc(-c2ccccn2)n1)NC1CCOc2ccccc21. The summed E-state index contributed by atoms with van der Waals surface area (Å²) in [5, 5.41) is 5.85. The molecule has 1 N–H and O–H groups in total. The number of fused-ring (bicyclic) bond motifs is 1. The number of carbonyl (C=O) groups excluding carboxylic acids is 1. The van der Waals surface area contributed by atoms with E-state index in [1.165, 1.54) is 11.3 Å². The van der Waals surface area contributed by atoms with Crippen LogP contribution in [0, 0.1) is 0 Å². The summed E-state index contributed by atoms with van der Waals surface area (Å²) in [6, 6.07) is 13.6. The Morgan fingerprint density at radius 1 is 1.24 bits per heavy atom. The molecule has 126 valence electrons. The molecule has 1 amide bonds. The van der Waals surface area contributed by atoms with E-state index in [-0.39, 0.29) is 18.4 Å². The first-order chi connectivity index (χ1) is 12.3. The molecule has 0 saturated carbocycles. The van der Waals surface area contributed by atoms with Crippen LogP contribution in [-0.2, 0) is 11.2 Å². The Labute approximate surface area is 149 Å². The number of hydrogen-bond acceptors (Lipinski definition) is 5. The van der Waals surface area contributed by atoms with Gasteiger partial charge in [0.2, 0.25) is 5.91 Å². The molecule has 0 bridgehead atoms. The van der Waals surface area contributed by atoms with Crippen molar-refractivity contribution >= 4 is 17.2 Å². The number of amides is 1. The van der Waals surface area contributed by atoms with Gasteiger partial charge >= 0.3 is 0 Å². The summed E-state index contributed by atoms with van der Waals surface area (Å²) < 4.78 is 5.64. The summed E-state index contributed by atoms with van der Waals surface area (Å²) in [5.41, 5.74) is 2.63. The maximum Gasteiger partial charge on any atom is 0.226 e. The van der Waals surface area contributed by atoms with E-state index in [1.54, 1.807) is 6.20 Å². The van der Waals surface area contributed by atoms with E-state index in [4.69, 9.17) is 4.74 Å². The standard InChI is InChI=1S/C19H17N3O2S/c23-18(22-15-8-10-24-17-7-2-1-5-14(15)17)11-13-12-25-19(21-13)16-6-3-4-9-20-16/h1-7,9,12,15H,8,10-11H2,(H,22,23). The van der Waals surface area contributed by atoms with Gasteiger partial charge in [-0.15, -0.1) is 11.3 Å². The molecule has 3 aromatic rings. The number of para-hydroxylation sites is 1. The lowest BCUT2D eigenvalue weighted by molar-refractivity contribution is -0.121. The Hall–Kier alpha value is -2.73. The van der Waals surface area contributed by atoms with Crippen molar-refractivity contribution in [2.24, 2.45) is 0 Å². The van der Waals surface area contributed by atoms with Crippen molar-refractivity contribution in [2.75, 3.05) is 6.61 Å². The molecule has 1 unspecified atom stereocenters. The molecule has 1 aromatic carbocycles. The number of thiazole rings is 1. The van der Waals surface area contributed by atoms with Gasteiger partial charge in [0.05, 0.1) is 30.5 Å². The van der Waals surface area contributed by atoms with Crippen molar-refractivity contribution in [3.63, 3.8) is 0 Å².